The minimum absolute atomic E-state index is 0.178. The number of aryl methyl sites for hydroxylation is 1. The lowest BCUT2D eigenvalue weighted by atomic mass is 9.97. The Hall–Kier alpha value is -2.18. The third kappa shape index (κ3) is 3.19. The number of hydrogen-bond acceptors (Lipinski definition) is 3. The average Bonchev–Trinajstić information content (AvgIpc) is 2.99. The van der Waals surface area contributed by atoms with Crippen LogP contribution in [-0.4, -0.2) is 36.0 Å². The molecule has 1 unspecified atom stereocenters. The van der Waals surface area contributed by atoms with Crippen LogP contribution in [0, 0.1) is 0 Å². The first-order valence-electron chi connectivity index (χ1n) is 8.44. The van der Waals surface area contributed by atoms with Crippen molar-refractivity contribution in [3.8, 4) is 11.1 Å². The van der Waals surface area contributed by atoms with Crippen molar-refractivity contribution in [2.45, 2.75) is 32.5 Å². The summed E-state index contributed by atoms with van der Waals surface area (Å²) in [6, 6.07) is 3.15. The second kappa shape index (κ2) is 6.28. The van der Waals surface area contributed by atoms with Crippen LogP contribution in [-0.2, 0) is 13.2 Å². The molecule has 4 nitrogen and oxygen atoms in total. The summed E-state index contributed by atoms with van der Waals surface area (Å²) >= 11 is 0. The Labute approximate surface area is 145 Å². The second-order valence-corrected chi connectivity index (χ2v) is 6.66. The zero-order chi connectivity index (χ0) is 18.4. The molecule has 0 spiro atoms. The van der Waals surface area contributed by atoms with Crippen LogP contribution in [0.2, 0.25) is 0 Å². The molecule has 1 atom stereocenters. The third-order valence-electron chi connectivity index (χ3n) is 4.96. The lowest BCUT2D eigenvalue weighted by molar-refractivity contribution is -0.137. The van der Waals surface area contributed by atoms with Crippen molar-refractivity contribution in [3.05, 3.63) is 30.1 Å². The maximum absolute atomic E-state index is 13.8. The molecule has 7 heteroatoms. The molecule has 0 saturated carbocycles. The van der Waals surface area contributed by atoms with Crippen molar-refractivity contribution in [2.75, 3.05) is 29.9 Å². The minimum atomic E-state index is -4.42. The highest BCUT2D eigenvalue weighted by atomic mass is 19.4. The van der Waals surface area contributed by atoms with Crippen molar-refractivity contribution in [2.24, 2.45) is 7.05 Å². The lowest BCUT2D eigenvalue weighted by Gasteiger charge is -2.41. The zero-order valence-electron chi connectivity index (χ0n) is 14.9. The molecule has 2 aromatic rings. The lowest BCUT2D eigenvalue weighted by Crippen LogP contribution is -2.43. The largest absolute Gasteiger partial charge is 0.417 e. The molecular formula is C18H23F3N4. The highest BCUT2D eigenvalue weighted by Crippen LogP contribution is 2.45. The van der Waals surface area contributed by atoms with Crippen LogP contribution in [0.1, 0.15) is 25.8 Å². The summed E-state index contributed by atoms with van der Waals surface area (Å²) < 4.78 is 42.8. The number of alkyl halides is 3. The average molecular weight is 352 g/mol. The van der Waals surface area contributed by atoms with Gasteiger partial charge in [-0.15, -0.1) is 0 Å². The van der Waals surface area contributed by atoms with Gasteiger partial charge in [0.25, 0.3) is 0 Å². The van der Waals surface area contributed by atoms with Crippen molar-refractivity contribution in [1.29, 1.82) is 0 Å². The van der Waals surface area contributed by atoms with E-state index in [-0.39, 0.29) is 11.6 Å². The molecule has 0 N–H and O–H groups in total. The fourth-order valence-corrected chi connectivity index (χ4v) is 3.32. The molecule has 0 fully saturated rings. The Kier molecular flexibility index (Phi) is 4.43. The van der Waals surface area contributed by atoms with Crippen LogP contribution < -0.4 is 9.80 Å². The van der Waals surface area contributed by atoms with Crippen molar-refractivity contribution in [1.82, 2.24) is 9.78 Å². The molecular weight excluding hydrogens is 329 g/mol. The summed E-state index contributed by atoms with van der Waals surface area (Å²) in [6.07, 6.45) is -0.440. The molecule has 0 aliphatic carbocycles. The first-order chi connectivity index (χ1) is 11.7. The number of aromatic nitrogens is 2. The van der Waals surface area contributed by atoms with E-state index in [2.05, 4.69) is 23.8 Å². The normalized spacial score (nSPS) is 16.1. The Morgan fingerprint density at radius 1 is 1.16 bits per heavy atom. The molecule has 0 amide bonds. The number of halogens is 3. The van der Waals surface area contributed by atoms with Gasteiger partial charge >= 0.3 is 6.18 Å². The van der Waals surface area contributed by atoms with E-state index in [0.717, 1.165) is 25.2 Å². The molecule has 25 heavy (non-hydrogen) atoms. The Balaban J connectivity index is 2.23. The standard InChI is InChI=1S/C18H23F3N4/c1-5-12(2)25-7-6-23(3)16-8-14(13-10-22-24(4)11-13)15(9-17(16)25)18(19,20)21/h8-12H,5-7H2,1-4H3. The first kappa shape index (κ1) is 17.6. The van der Waals surface area contributed by atoms with Crippen molar-refractivity contribution < 1.29 is 13.2 Å². The Bertz CT molecular complexity index is 766. The maximum atomic E-state index is 13.8. The second-order valence-electron chi connectivity index (χ2n) is 6.66. The zero-order valence-corrected chi connectivity index (χ0v) is 14.9. The molecule has 1 aromatic carbocycles. The van der Waals surface area contributed by atoms with Crippen LogP contribution in [0.3, 0.4) is 0 Å². The predicted molar refractivity (Wildman–Crippen MR) is 94.0 cm³/mol. The van der Waals surface area contributed by atoms with Gasteiger partial charge in [-0.05, 0) is 31.0 Å². The van der Waals surface area contributed by atoms with E-state index in [1.807, 2.05) is 11.9 Å². The minimum Gasteiger partial charge on any atom is -0.371 e. The molecule has 1 aliphatic heterocycles. The van der Waals surface area contributed by atoms with Gasteiger partial charge < -0.3 is 9.80 Å². The molecule has 0 radical (unpaired) electrons. The van der Waals surface area contributed by atoms with E-state index in [1.54, 1.807) is 19.3 Å². The molecule has 136 valence electrons. The summed E-state index contributed by atoms with van der Waals surface area (Å²) in [7, 11) is 3.62. The van der Waals surface area contributed by atoms with Gasteiger partial charge in [0, 0.05) is 45.0 Å². The number of fused-ring (bicyclic) bond motifs is 1. The monoisotopic (exact) mass is 352 g/mol. The van der Waals surface area contributed by atoms with Gasteiger partial charge in [-0.1, -0.05) is 6.92 Å². The summed E-state index contributed by atoms with van der Waals surface area (Å²) in [5.41, 5.74) is 1.54. The number of hydrogen-bond donors (Lipinski definition) is 0. The van der Waals surface area contributed by atoms with E-state index in [1.165, 1.54) is 16.9 Å². The third-order valence-corrected chi connectivity index (χ3v) is 4.96. The molecule has 1 aromatic heterocycles. The SMILES string of the molecule is CCC(C)N1CCN(C)c2cc(-c3cnn(C)c3)c(C(F)(F)F)cc21. The van der Waals surface area contributed by atoms with Crippen molar-refractivity contribution >= 4 is 11.4 Å². The van der Waals surface area contributed by atoms with Gasteiger partial charge in [-0.2, -0.15) is 18.3 Å². The fourth-order valence-electron chi connectivity index (χ4n) is 3.32. The quantitative estimate of drug-likeness (QED) is 0.829. The van der Waals surface area contributed by atoms with Crippen LogP contribution >= 0.6 is 0 Å². The summed E-state index contributed by atoms with van der Waals surface area (Å²) in [5, 5.41) is 4.03. The number of nitrogens with zero attached hydrogens (tertiary/aromatic N) is 4. The molecule has 1 aliphatic rings. The Morgan fingerprint density at radius 3 is 2.44 bits per heavy atom. The highest BCUT2D eigenvalue weighted by Gasteiger charge is 2.37. The van der Waals surface area contributed by atoms with Gasteiger partial charge in [-0.3, -0.25) is 4.68 Å². The number of likely N-dealkylation sites (N-methyl/N-ethyl adjacent to an activating group) is 1. The smallest absolute Gasteiger partial charge is 0.371 e. The fraction of sp³-hybridized carbons (Fsp3) is 0.500. The number of anilines is 2. The molecule has 0 bridgehead atoms. The highest BCUT2D eigenvalue weighted by molar-refractivity contribution is 5.83. The maximum Gasteiger partial charge on any atom is 0.417 e. The Morgan fingerprint density at radius 2 is 1.88 bits per heavy atom. The van der Waals surface area contributed by atoms with Crippen LogP contribution in [0.5, 0.6) is 0 Å². The molecule has 2 heterocycles. The van der Waals surface area contributed by atoms with E-state index < -0.39 is 11.7 Å². The summed E-state index contributed by atoms with van der Waals surface area (Å²) in [5.74, 6) is 0. The topological polar surface area (TPSA) is 24.3 Å². The van der Waals surface area contributed by atoms with E-state index in [9.17, 15) is 13.2 Å². The van der Waals surface area contributed by atoms with Gasteiger partial charge in [0.05, 0.1) is 23.1 Å². The predicted octanol–water partition coefficient (Wildman–Crippen LogP) is 4.16. The van der Waals surface area contributed by atoms with Crippen LogP contribution in [0.15, 0.2) is 24.5 Å². The molecule has 0 saturated heterocycles. The van der Waals surface area contributed by atoms with E-state index >= 15 is 0 Å². The number of rotatable bonds is 3. The van der Waals surface area contributed by atoms with E-state index in [4.69, 9.17) is 0 Å². The molecule has 3 rings (SSSR count). The van der Waals surface area contributed by atoms with Gasteiger partial charge in [-0.25, -0.2) is 0 Å². The summed E-state index contributed by atoms with van der Waals surface area (Å²) in [6.45, 7) is 5.62. The van der Waals surface area contributed by atoms with Crippen LogP contribution in [0.4, 0.5) is 24.5 Å². The van der Waals surface area contributed by atoms with Crippen LogP contribution in [0.25, 0.3) is 11.1 Å². The van der Waals surface area contributed by atoms with E-state index in [0.29, 0.717) is 11.3 Å². The number of benzene rings is 1. The summed E-state index contributed by atoms with van der Waals surface area (Å²) in [4.78, 5) is 4.10. The van der Waals surface area contributed by atoms with Crippen molar-refractivity contribution in [3.63, 3.8) is 0 Å². The van der Waals surface area contributed by atoms with Gasteiger partial charge in [0.2, 0.25) is 0 Å². The van der Waals surface area contributed by atoms with Gasteiger partial charge in [0.15, 0.2) is 0 Å². The van der Waals surface area contributed by atoms with Gasteiger partial charge in [0.1, 0.15) is 0 Å². The first-order valence-corrected chi connectivity index (χ1v) is 8.44.